The molecule has 0 aliphatic rings. The second-order valence-electron chi connectivity index (χ2n) is 3.84. The highest BCUT2D eigenvalue weighted by Gasteiger charge is 1.98. The minimum Gasteiger partial charge on any atom is -0.375 e. The van der Waals surface area contributed by atoms with Gasteiger partial charge in [0.1, 0.15) is 0 Å². The number of ether oxygens (including phenoxy) is 1. The first-order valence-electron chi connectivity index (χ1n) is 5.58. The lowest BCUT2D eigenvalue weighted by molar-refractivity contribution is 0.122. The van der Waals surface area contributed by atoms with Gasteiger partial charge in [0, 0.05) is 6.54 Å². The largest absolute Gasteiger partial charge is 0.375 e. The van der Waals surface area contributed by atoms with Crippen LogP contribution in [0.15, 0.2) is 18.2 Å². The summed E-state index contributed by atoms with van der Waals surface area (Å²) in [5.41, 5.74) is 3.92. The maximum atomic E-state index is 5.58. The van der Waals surface area contributed by atoms with Crippen molar-refractivity contribution in [1.82, 2.24) is 5.32 Å². The molecule has 0 fully saturated rings. The molecule has 15 heavy (non-hydrogen) atoms. The van der Waals surface area contributed by atoms with E-state index in [1.165, 1.54) is 16.7 Å². The fraction of sp³-hybridized carbons (Fsp3) is 0.538. The highest BCUT2D eigenvalue weighted by Crippen LogP contribution is 2.11. The highest BCUT2D eigenvalue weighted by atomic mass is 16.5. The number of benzene rings is 1. The van der Waals surface area contributed by atoms with Crippen LogP contribution in [0, 0.1) is 13.8 Å². The van der Waals surface area contributed by atoms with Crippen LogP contribution in [-0.4, -0.2) is 19.7 Å². The maximum absolute atomic E-state index is 5.58. The molecule has 0 aliphatic heterocycles. The van der Waals surface area contributed by atoms with Gasteiger partial charge in [-0.3, -0.25) is 0 Å². The maximum Gasteiger partial charge on any atom is 0.0720 e. The van der Waals surface area contributed by atoms with Crippen molar-refractivity contribution < 1.29 is 4.74 Å². The summed E-state index contributed by atoms with van der Waals surface area (Å²) in [6.45, 7) is 9.79. The van der Waals surface area contributed by atoms with Gasteiger partial charge in [-0.25, -0.2) is 0 Å². The first kappa shape index (κ1) is 12.2. The number of likely N-dealkylation sites (N-methyl/N-ethyl adjacent to an activating group) is 1. The second kappa shape index (κ2) is 6.59. The Balaban J connectivity index is 2.31. The van der Waals surface area contributed by atoms with Gasteiger partial charge in [0.15, 0.2) is 0 Å². The third-order valence-corrected chi connectivity index (χ3v) is 2.43. The van der Waals surface area contributed by atoms with Crippen LogP contribution in [0.25, 0.3) is 0 Å². The molecule has 1 aromatic carbocycles. The molecule has 0 aliphatic carbocycles. The van der Waals surface area contributed by atoms with Crippen molar-refractivity contribution in [2.45, 2.75) is 27.4 Å². The van der Waals surface area contributed by atoms with Gasteiger partial charge in [0.05, 0.1) is 13.2 Å². The van der Waals surface area contributed by atoms with Crippen molar-refractivity contribution >= 4 is 0 Å². The van der Waals surface area contributed by atoms with E-state index in [-0.39, 0.29) is 0 Å². The lowest BCUT2D eigenvalue weighted by Gasteiger charge is -2.08. The first-order valence-corrected chi connectivity index (χ1v) is 5.58. The van der Waals surface area contributed by atoms with Gasteiger partial charge in [0.25, 0.3) is 0 Å². The summed E-state index contributed by atoms with van der Waals surface area (Å²) >= 11 is 0. The Labute approximate surface area is 92.6 Å². The summed E-state index contributed by atoms with van der Waals surface area (Å²) in [4.78, 5) is 0. The molecule has 0 saturated heterocycles. The van der Waals surface area contributed by atoms with Crippen molar-refractivity contribution in [1.29, 1.82) is 0 Å². The Morgan fingerprint density at radius 3 is 2.73 bits per heavy atom. The van der Waals surface area contributed by atoms with Crippen molar-refractivity contribution in [3.8, 4) is 0 Å². The fourth-order valence-electron chi connectivity index (χ4n) is 1.51. The van der Waals surface area contributed by atoms with E-state index in [4.69, 9.17) is 4.74 Å². The van der Waals surface area contributed by atoms with Crippen molar-refractivity contribution in [3.63, 3.8) is 0 Å². The average molecular weight is 207 g/mol. The molecule has 0 bridgehead atoms. The zero-order valence-corrected chi connectivity index (χ0v) is 9.97. The van der Waals surface area contributed by atoms with Crippen LogP contribution >= 0.6 is 0 Å². The fourth-order valence-corrected chi connectivity index (χ4v) is 1.51. The molecule has 1 N–H and O–H groups in total. The molecule has 0 aromatic heterocycles. The van der Waals surface area contributed by atoms with E-state index in [1.54, 1.807) is 0 Å². The first-order chi connectivity index (χ1) is 7.24. The zero-order chi connectivity index (χ0) is 11.1. The van der Waals surface area contributed by atoms with Crippen LogP contribution in [0.4, 0.5) is 0 Å². The van der Waals surface area contributed by atoms with Gasteiger partial charge in [-0.15, -0.1) is 0 Å². The monoisotopic (exact) mass is 207 g/mol. The lowest BCUT2D eigenvalue weighted by atomic mass is 10.1. The van der Waals surface area contributed by atoms with Gasteiger partial charge in [0.2, 0.25) is 0 Å². The van der Waals surface area contributed by atoms with Crippen LogP contribution in [0.5, 0.6) is 0 Å². The molecule has 2 nitrogen and oxygen atoms in total. The van der Waals surface area contributed by atoms with E-state index in [0.29, 0.717) is 0 Å². The predicted octanol–water partition coefficient (Wildman–Crippen LogP) is 2.43. The SMILES string of the molecule is CCNCCOCc1ccc(C)cc1C. The number of hydrogen-bond donors (Lipinski definition) is 1. The summed E-state index contributed by atoms with van der Waals surface area (Å²) in [5, 5.41) is 3.23. The van der Waals surface area contributed by atoms with E-state index < -0.39 is 0 Å². The van der Waals surface area contributed by atoms with Gasteiger partial charge in [-0.2, -0.15) is 0 Å². The van der Waals surface area contributed by atoms with Gasteiger partial charge < -0.3 is 10.1 Å². The number of nitrogens with one attached hydrogen (secondary N) is 1. The number of rotatable bonds is 6. The summed E-state index contributed by atoms with van der Waals surface area (Å²) < 4.78 is 5.58. The Morgan fingerprint density at radius 1 is 1.27 bits per heavy atom. The van der Waals surface area contributed by atoms with Gasteiger partial charge >= 0.3 is 0 Å². The molecule has 0 unspecified atom stereocenters. The Morgan fingerprint density at radius 2 is 2.07 bits per heavy atom. The molecule has 0 heterocycles. The smallest absolute Gasteiger partial charge is 0.0720 e. The quantitative estimate of drug-likeness (QED) is 0.723. The molecule has 2 heteroatoms. The standard InChI is InChI=1S/C13H21NO/c1-4-14-7-8-15-10-13-6-5-11(2)9-12(13)3/h5-6,9,14H,4,7-8,10H2,1-3H3. The molecule has 0 saturated carbocycles. The topological polar surface area (TPSA) is 21.3 Å². The van der Waals surface area contributed by atoms with Crippen LogP contribution in [-0.2, 0) is 11.3 Å². The Kier molecular flexibility index (Phi) is 5.37. The van der Waals surface area contributed by atoms with Crippen LogP contribution in [0.2, 0.25) is 0 Å². The molecule has 84 valence electrons. The summed E-state index contributed by atoms with van der Waals surface area (Å²) in [6.07, 6.45) is 0. The van der Waals surface area contributed by atoms with Gasteiger partial charge in [-0.05, 0) is 31.5 Å². The minimum absolute atomic E-state index is 0.720. The average Bonchev–Trinajstić information content (AvgIpc) is 2.20. The molecule has 1 rings (SSSR count). The Hall–Kier alpha value is -0.860. The minimum atomic E-state index is 0.720. The van der Waals surface area contributed by atoms with Crippen molar-refractivity contribution in [2.75, 3.05) is 19.7 Å². The lowest BCUT2D eigenvalue weighted by Crippen LogP contribution is -2.18. The number of aryl methyl sites for hydroxylation is 2. The van der Waals surface area contributed by atoms with Gasteiger partial charge in [-0.1, -0.05) is 30.7 Å². The van der Waals surface area contributed by atoms with E-state index in [9.17, 15) is 0 Å². The van der Waals surface area contributed by atoms with E-state index >= 15 is 0 Å². The third-order valence-electron chi connectivity index (χ3n) is 2.43. The molecule has 0 radical (unpaired) electrons. The second-order valence-corrected chi connectivity index (χ2v) is 3.84. The van der Waals surface area contributed by atoms with E-state index in [2.05, 4.69) is 44.3 Å². The van der Waals surface area contributed by atoms with Crippen molar-refractivity contribution in [3.05, 3.63) is 34.9 Å². The number of hydrogen-bond acceptors (Lipinski definition) is 2. The summed E-state index contributed by atoms with van der Waals surface area (Å²) in [6, 6.07) is 6.48. The molecule has 0 amide bonds. The van der Waals surface area contributed by atoms with Crippen molar-refractivity contribution in [2.24, 2.45) is 0 Å². The van der Waals surface area contributed by atoms with Crippen LogP contribution in [0.1, 0.15) is 23.6 Å². The molecule has 0 atom stereocenters. The molecular weight excluding hydrogens is 186 g/mol. The van der Waals surface area contributed by atoms with Crippen LogP contribution < -0.4 is 5.32 Å². The summed E-state index contributed by atoms with van der Waals surface area (Å²) in [7, 11) is 0. The predicted molar refractivity (Wildman–Crippen MR) is 64.1 cm³/mol. The zero-order valence-electron chi connectivity index (χ0n) is 9.97. The Bertz CT molecular complexity index is 297. The van der Waals surface area contributed by atoms with Crippen LogP contribution in [0.3, 0.4) is 0 Å². The third kappa shape index (κ3) is 4.45. The molecule has 0 spiro atoms. The molecule has 1 aromatic rings. The summed E-state index contributed by atoms with van der Waals surface area (Å²) in [5.74, 6) is 0. The van der Waals surface area contributed by atoms with E-state index in [0.717, 1.165) is 26.3 Å². The normalized spacial score (nSPS) is 10.6. The van der Waals surface area contributed by atoms with E-state index in [1.807, 2.05) is 0 Å². The highest BCUT2D eigenvalue weighted by molar-refractivity contribution is 5.29. The molecular formula is C13H21NO.